The van der Waals surface area contributed by atoms with Crippen LogP contribution in [0.1, 0.15) is 39.5 Å². The normalized spacial score (nSPS) is 31.1. The predicted octanol–water partition coefficient (Wildman–Crippen LogP) is 1.39. The Labute approximate surface area is 189 Å². The fourth-order valence-electron chi connectivity index (χ4n) is 5.01. The first-order chi connectivity index (χ1) is 15.3. The Hall–Kier alpha value is -2.19. The van der Waals surface area contributed by atoms with Gasteiger partial charge in [-0.3, -0.25) is 4.79 Å². The first-order valence-corrected chi connectivity index (χ1v) is 12.7. The van der Waals surface area contributed by atoms with Gasteiger partial charge in [-0.1, -0.05) is 0 Å². The van der Waals surface area contributed by atoms with Gasteiger partial charge in [0.15, 0.2) is 9.84 Å². The van der Waals surface area contributed by atoms with Gasteiger partial charge in [0.05, 0.1) is 40.7 Å². The third kappa shape index (κ3) is 4.10. The van der Waals surface area contributed by atoms with Crippen LogP contribution < -0.4 is 16.1 Å². The van der Waals surface area contributed by atoms with Crippen LogP contribution in [0.15, 0.2) is 29.2 Å². The molecule has 3 heterocycles. The molecule has 3 saturated heterocycles. The number of fused-ring (bicyclic) bond motifs is 1. The molecule has 32 heavy (non-hydrogen) atoms. The lowest BCUT2D eigenvalue weighted by molar-refractivity contribution is -0.130. The van der Waals surface area contributed by atoms with Crippen LogP contribution in [0.3, 0.4) is 0 Å². The average molecular weight is 462 g/mol. The van der Waals surface area contributed by atoms with E-state index in [1.165, 1.54) is 0 Å². The van der Waals surface area contributed by atoms with Gasteiger partial charge in [-0.15, -0.1) is 0 Å². The fraction of sp³-hybridized carbons (Fsp3) is 0.636. The van der Waals surface area contributed by atoms with Gasteiger partial charge < -0.3 is 15.4 Å². The summed E-state index contributed by atoms with van der Waals surface area (Å²) in [6.45, 7) is 5.05. The van der Waals surface area contributed by atoms with E-state index in [4.69, 9.17) is 4.74 Å². The highest BCUT2D eigenvalue weighted by Gasteiger charge is 2.54. The Kier molecular flexibility index (Phi) is 6.45. The molecule has 10 heteroatoms. The van der Waals surface area contributed by atoms with E-state index < -0.39 is 20.6 Å². The van der Waals surface area contributed by atoms with Crippen molar-refractivity contribution < 1.29 is 17.9 Å². The Morgan fingerprint density at radius 2 is 2.09 bits per heavy atom. The molecule has 1 aromatic carbocycles. The summed E-state index contributed by atoms with van der Waals surface area (Å²) in [4.78, 5) is 13.1. The van der Waals surface area contributed by atoms with Crippen molar-refractivity contribution in [2.75, 3.05) is 25.1 Å². The lowest BCUT2D eigenvalue weighted by atomic mass is 9.84. The lowest BCUT2D eigenvalue weighted by Gasteiger charge is -2.46. The molecule has 3 aliphatic rings. The van der Waals surface area contributed by atoms with Crippen LogP contribution in [-0.2, 0) is 19.4 Å². The van der Waals surface area contributed by atoms with E-state index in [9.17, 15) is 18.5 Å². The van der Waals surface area contributed by atoms with E-state index in [1.54, 1.807) is 38.1 Å². The van der Waals surface area contributed by atoms with Crippen LogP contribution in [0.4, 0.5) is 5.69 Å². The molecule has 0 aromatic heterocycles. The molecule has 0 bridgehead atoms. The Bertz CT molecular complexity index is 983. The monoisotopic (exact) mass is 461 g/mol. The van der Waals surface area contributed by atoms with E-state index in [2.05, 4.69) is 27.1 Å². The maximum absolute atomic E-state index is 12.8. The summed E-state index contributed by atoms with van der Waals surface area (Å²) in [5.41, 5.74) is 3.73. The van der Waals surface area contributed by atoms with Crippen molar-refractivity contribution in [1.82, 2.24) is 15.8 Å². The number of benzene rings is 1. The van der Waals surface area contributed by atoms with Gasteiger partial charge >= 0.3 is 0 Å². The number of hydrazine groups is 1. The highest BCUT2D eigenvalue weighted by Crippen LogP contribution is 2.38. The minimum atomic E-state index is -3.35. The summed E-state index contributed by atoms with van der Waals surface area (Å²) < 4.78 is 30.6. The number of carbonyl (C=O) groups excluding carboxylic acids is 1. The molecular formula is C22H31N5O4S. The summed E-state index contributed by atoms with van der Waals surface area (Å²) in [6, 6.07) is 8.89. The molecule has 0 spiro atoms. The number of hydrogen-bond donors (Lipinski definition) is 3. The maximum atomic E-state index is 12.8. The molecule has 0 aliphatic carbocycles. The van der Waals surface area contributed by atoms with E-state index in [1.807, 2.05) is 0 Å². The zero-order valence-electron chi connectivity index (χ0n) is 18.5. The number of ether oxygens (including phenoxy) is 1. The third-order valence-electron chi connectivity index (χ3n) is 6.77. The number of nitrogens with one attached hydrogen (secondary N) is 3. The van der Waals surface area contributed by atoms with Crippen molar-refractivity contribution >= 4 is 21.4 Å². The van der Waals surface area contributed by atoms with E-state index in [-0.39, 0.29) is 28.9 Å². The predicted molar refractivity (Wildman–Crippen MR) is 119 cm³/mol. The Morgan fingerprint density at radius 3 is 2.72 bits per heavy atom. The van der Waals surface area contributed by atoms with Gasteiger partial charge in [-0.2, -0.15) is 5.26 Å². The van der Waals surface area contributed by atoms with Gasteiger partial charge in [0.25, 0.3) is 0 Å². The molecule has 4 rings (SSSR count). The highest BCUT2D eigenvalue weighted by molar-refractivity contribution is 7.92. The molecule has 3 fully saturated rings. The molecule has 1 aromatic rings. The number of hydrogen-bond acceptors (Lipinski definition) is 8. The van der Waals surface area contributed by atoms with E-state index >= 15 is 0 Å². The van der Waals surface area contributed by atoms with Crippen molar-refractivity contribution in [2.24, 2.45) is 5.92 Å². The van der Waals surface area contributed by atoms with Gasteiger partial charge in [0.2, 0.25) is 5.91 Å². The van der Waals surface area contributed by atoms with Crippen LogP contribution in [0.5, 0.6) is 0 Å². The van der Waals surface area contributed by atoms with Crippen LogP contribution in [0.25, 0.3) is 0 Å². The average Bonchev–Trinajstić information content (AvgIpc) is 3.15. The van der Waals surface area contributed by atoms with Crippen molar-refractivity contribution in [2.45, 2.75) is 67.4 Å². The number of carbonyl (C=O) groups is 1. The number of piperidine rings is 1. The molecule has 1 amide bonds. The molecule has 0 saturated carbocycles. The first kappa shape index (κ1) is 23.0. The summed E-state index contributed by atoms with van der Waals surface area (Å²) in [6.07, 6.45) is 2.41. The molecule has 0 radical (unpaired) electrons. The molecular weight excluding hydrogens is 430 g/mol. The maximum Gasteiger partial charge on any atom is 0.228 e. The summed E-state index contributed by atoms with van der Waals surface area (Å²) in [5, 5.41) is 17.5. The van der Waals surface area contributed by atoms with Crippen LogP contribution in [0, 0.1) is 17.2 Å². The molecule has 3 aliphatic heterocycles. The lowest BCUT2D eigenvalue weighted by Crippen LogP contribution is -2.61. The highest BCUT2D eigenvalue weighted by atomic mass is 32.2. The standard InChI is InChI=1S/C22H31N5O4S/c1-15(2)32(29,30)17-6-4-16(5-7-17)25-20-19-18(8-12-24-21(19)28)27(26-20)22(10-11-23)9-3-13-31-14-22/h4-7,15,18-20,25-26H,3,8-10,12-14H2,1-2H3,(H,24,28)/t18?,19?,20?,22-/m0/s1. The van der Waals surface area contributed by atoms with Crippen LogP contribution in [-0.4, -0.2) is 62.1 Å². The van der Waals surface area contributed by atoms with Crippen LogP contribution >= 0.6 is 0 Å². The van der Waals surface area contributed by atoms with Crippen LogP contribution in [0.2, 0.25) is 0 Å². The largest absolute Gasteiger partial charge is 0.379 e. The minimum absolute atomic E-state index is 0.0309. The second-order valence-electron chi connectivity index (χ2n) is 9.13. The number of amides is 1. The topological polar surface area (TPSA) is 124 Å². The molecule has 9 nitrogen and oxygen atoms in total. The smallest absolute Gasteiger partial charge is 0.228 e. The number of sulfone groups is 1. The SMILES string of the molecule is CC(C)S(=O)(=O)c1ccc(NC2NN([C@]3(CC#N)CCCOC3)C3CCNC(=O)C23)cc1. The van der Waals surface area contributed by atoms with Crippen molar-refractivity contribution in [3.8, 4) is 6.07 Å². The summed E-state index contributed by atoms with van der Waals surface area (Å²) in [5.74, 6) is -0.378. The Balaban J connectivity index is 1.59. The molecule has 4 atom stereocenters. The number of nitrogens with zero attached hydrogens (tertiary/aromatic N) is 2. The van der Waals surface area contributed by atoms with Gasteiger partial charge in [-0.05, 0) is 57.4 Å². The van der Waals surface area contributed by atoms with Gasteiger partial charge in [0, 0.05) is 24.9 Å². The summed E-state index contributed by atoms with van der Waals surface area (Å²) >= 11 is 0. The second-order valence-corrected chi connectivity index (χ2v) is 11.6. The molecule has 174 valence electrons. The van der Waals surface area contributed by atoms with E-state index in [0.29, 0.717) is 26.2 Å². The van der Waals surface area contributed by atoms with Gasteiger partial charge in [0.1, 0.15) is 6.17 Å². The van der Waals surface area contributed by atoms with E-state index in [0.717, 1.165) is 24.9 Å². The molecule has 3 unspecified atom stereocenters. The summed E-state index contributed by atoms with van der Waals surface area (Å²) in [7, 11) is -3.35. The second kappa shape index (κ2) is 8.98. The van der Waals surface area contributed by atoms with Gasteiger partial charge in [-0.25, -0.2) is 18.9 Å². The third-order valence-corrected chi connectivity index (χ3v) is 8.94. The number of nitriles is 1. The van der Waals surface area contributed by atoms with Crippen molar-refractivity contribution in [3.05, 3.63) is 24.3 Å². The van der Waals surface area contributed by atoms with Crippen molar-refractivity contribution in [1.29, 1.82) is 5.26 Å². The quantitative estimate of drug-likeness (QED) is 0.581. The zero-order valence-corrected chi connectivity index (χ0v) is 19.3. The minimum Gasteiger partial charge on any atom is -0.379 e. The fourth-order valence-corrected chi connectivity index (χ4v) is 6.07. The molecule has 3 N–H and O–H groups in total. The number of rotatable bonds is 6. The van der Waals surface area contributed by atoms with Crippen molar-refractivity contribution in [3.63, 3.8) is 0 Å². The first-order valence-electron chi connectivity index (χ1n) is 11.2. The zero-order chi connectivity index (χ0) is 22.9. The number of anilines is 1. The Morgan fingerprint density at radius 1 is 1.34 bits per heavy atom.